The highest BCUT2D eigenvalue weighted by Gasteiger charge is 2.15. The SMILES string of the molecule is CCOc1ccc(CCNC(=O)c2ccc3c(=O)n4c(nc3c2)CCCCCC4)cc1OCC. The first-order chi connectivity index (χ1) is 16.6. The second-order valence-corrected chi connectivity index (χ2v) is 8.53. The lowest BCUT2D eigenvalue weighted by Crippen LogP contribution is -2.28. The summed E-state index contributed by atoms with van der Waals surface area (Å²) in [6.07, 6.45) is 5.81. The Bertz CT molecular complexity index is 1220. The van der Waals surface area contributed by atoms with Gasteiger partial charge in [-0.05, 0) is 69.0 Å². The average molecular weight is 464 g/mol. The van der Waals surface area contributed by atoms with E-state index < -0.39 is 0 Å². The Hall–Kier alpha value is -3.35. The summed E-state index contributed by atoms with van der Waals surface area (Å²) < 4.78 is 13.1. The van der Waals surface area contributed by atoms with Crippen LogP contribution in [0.5, 0.6) is 11.5 Å². The fourth-order valence-electron chi connectivity index (χ4n) is 4.41. The predicted molar refractivity (Wildman–Crippen MR) is 133 cm³/mol. The van der Waals surface area contributed by atoms with Gasteiger partial charge in [0.2, 0.25) is 0 Å². The van der Waals surface area contributed by atoms with E-state index in [1.807, 2.05) is 36.6 Å². The van der Waals surface area contributed by atoms with Crippen LogP contribution in [-0.4, -0.2) is 35.2 Å². The first-order valence-electron chi connectivity index (χ1n) is 12.3. The third-order valence-corrected chi connectivity index (χ3v) is 6.14. The van der Waals surface area contributed by atoms with Crippen molar-refractivity contribution < 1.29 is 14.3 Å². The summed E-state index contributed by atoms with van der Waals surface area (Å²) in [7, 11) is 0. The van der Waals surface area contributed by atoms with Gasteiger partial charge in [-0.15, -0.1) is 0 Å². The summed E-state index contributed by atoms with van der Waals surface area (Å²) in [6, 6.07) is 11.0. The molecule has 2 heterocycles. The molecule has 0 saturated heterocycles. The Kier molecular flexibility index (Phi) is 7.83. The summed E-state index contributed by atoms with van der Waals surface area (Å²) in [5.74, 6) is 2.10. The van der Waals surface area contributed by atoms with Crippen LogP contribution < -0.4 is 20.3 Å². The highest BCUT2D eigenvalue weighted by atomic mass is 16.5. The maximum atomic E-state index is 13.0. The number of nitrogens with zero attached hydrogens (tertiary/aromatic N) is 2. The lowest BCUT2D eigenvalue weighted by molar-refractivity contribution is 0.0954. The molecule has 34 heavy (non-hydrogen) atoms. The van der Waals surface area contributed by atoms with Crippen LogP contribution >= 0.6 is 0 Å². The molecular formula is C27H33N3O4. The molecule has 7 heteroatoms. The van der Waals surface area contributed by atoms with Crippen LogP contribution in [-0.2, 0) is 19.4 Å². The van der Waals surface area contributed by atoms with E-state index in [1.54, 1.807) is 18.2 Å². The molecule has 1 aliphatic heterocycles. The molecule has 1 amide bonds. The van der Waals surface area contributed by atoms with Crippen molar-refractivity contribution in [2.24, 2.45) is 0 Å². The number of ether oxygens (including phenoxy) is 2. The van der Waals surface area contributed by atoms with Gasteiger partial charge in [-0.3, -0.25) is 14.2 Å². The minimum Gasteiger partial charge on any atom is -0.490 e. The van der Waals surface area contributed by atoms with Gasteiger partial charge in [-0.2, -0.15) is 0 Å². The summed E-state index contributed by atoms with van der Waals surface area (Å²) in [5.41, 5.74) is 2.16. The minimum atomic E-state index is -0.175. The Morgan fingerprint density at radius 3 is 2.62 bits per heavy atom. The maximum Gasteiger partial charge on any atom is 0.261 e. The Labute approximate surface area is 200 Å². The van der Waals surface area contributed by atoms with E-state index in [1.165, 1.54) is 0 Å². The molecule has 3 aromatic rings. The zero-order valence-electron chi connectivity index (χ0n) is 20.1. The van der Waals surface area contributed by atoms with Crippen molar-refractivity contribution in [3.63, 3.8) is 0 Å². The normalized spacial score (nSPS) is 13.6. The van der Waals surface area contributed by atoms with Gasteiger partial charge < -0.3 is 14.8 Å². The van der Waals surface area contributed by atoms with Crippen LogP contribution in [0.2, 0.25) is 0 Å². The fraction of sp³-hybridized carbons (Fsp3) is 0.444. The molecule has 0 aliphatic carbocycles. The number of aromatic nitrogens is 2. The fourth-order valence-corrected chi connectivity index (χ4v) is 4.41. The number of amides is 1. The molecule has 0 fully saturated rings. The third kappa shape index (κ3) is 5.41. The molecule has 0 bridgehead atoms. The van der Waals surface area contributed by atoms with Crippen molar-refractivity contribution >= 4 is 16.8 Å². The molecule has 1 aromatic heterocycles. The number of carbonyl (C=O) groups excluding carboxylic acids is 1. The molecule has 1 N–H and O–H groups in total. The van der Waals surface area contributed by atoms with Crippen LogP contribution in [0.15, 0.2) is 41.2 Å². The number of rotatable bonds is 8. The summed E-state index contributed by atoms with van der Waals surface area (Å²) in [4.78, 5) is 30.5. The van der Waals surface area contributed by atoms with Gasteiger partial charge in [-0.1, -0.05) is 18.9 Å². The van der Waals surface area contributed by atoms with E-state index in [4.69, 9.17) is 14.5 Å². The Balaban J connectivity index is 1.45. The topological polar surface area (TPSA) is 82.5 Å². The quantitative estimate of drug-likeness (QED) is 0.539. The average Bonchev–Trinajstić information content (AvgIpc) is 2.82. The third-order valence-electron chi connectivity index (χ3n) is 6.14. The maximum absolute atomic E-state index is 13.0. The summed E-state index contributed by atoms with van der Waals surface area (Å²) in [6.45, 7) is 6.21. The molecule has 0 atom stereocenters. The van der Waals surface area contributed by atoms with Crippen molar-refractivity contribution in [3.8, 4) is 11.5 Å². The number of carbonyl (C=O) groups is 1. The number of hydrogen-bond donors (Lipinski definition) is 1. The molecule has 4 rings (SSSR count). The standard InChI is InChI=1S/C27H33N3O4/c1-3-33-23-13-10-19(17-24(23)34-4-2)14-15-28-26(31)20-11-12-21-22(18-20)29-25-9-7-5-6-8-16-30(25)27(21)32/h10-13,17-18H,3-9,14-16H2,1-2H3,(H,28,31). The van der Waals surface area contributed by atoms with Gasteiger partial charge in [0.25, 0.3) is 11.5 Å². The van der Waals surface area contributed by atoms with Crippen molar-refractivity contribution in [2.45, 2.75) is 58.9 Å². The first kappa shape index (κ1) is 23.8. The van der Waals surface area contributed by atoms with E-state index >= 15 is 0 Å². The molecule has 1 aliphatic rings. The van der Waals surface area contributed by atoms with Gasteiger partial charge in [0, 0.05) is 25.1 Å². The van der Waals surface area contributed by atoms with E-state index in [2.05, 4.69) is 5.32 Å². The highest BCUT2D eigenvalue weighted by Crippen LogP contribution is 2.28. The molecule has 0 radical (unpaired) electrons. The second kappa shape index (κ2) is 11.2. The largest absolute Gasteiger partial charge is 0.490 e. The monoisotopic (exact) mass is 463 g/mol. The van der Waals surface area contributed by atoms with Crippen molar-refractivity contribution in [3.05, 3.63) is 63.7 Å². The minimum absolute atomic E-state index is 0.00513. The van der Waals surface area contributed by atoms with E-state index in [0.717, 1.165) is 61.5 Å². The van der Waals surface area contributed by atoms with Crippen LogP contribution in [0.3, 0.4) is 0 Å². The van der Waals surface area contributed by atoms with Gasteiger partial charge in [-0.25, -0.2) is 4.98 Å². The summed E-state index contributed by atoms with van der Waals surface area (Å²) >= 11 is 0. The van der Waals surface area contributed by atoms with E-state index in [-0.39, 0.29) is 11.5 Å². The Morgan fingerprint density at radius 2 is 1.79 bits per heavy atom. The number of aryl methyl sites for hydroxylation is 1. The van der Waals surface area contributed by atoms with E-state index in [0.29, 0.717) is 42.6 Å². The number of nitrogens with one attached hydrogen (secondary N) is 1. The highest BCUT2D eigenvalue weighted by molar-refractivity contribution is 5.97. The number of benzene rings is 2. The van der Waals surface area contributed by atoms with Crippen LogP contribution in [0.4, 0.5) is 0 Å². The van der Waals surface area contributed by atoms with Crippen LogP contribution in [0.25, 0.3) is 10.9 Å². The summed E-state index contributed by atoms with van der Waals surface area (Å²) in [5, 5.41) is 3.54. The molecule has 0 unspecified atom stereocenters. The lowest BCUT2D eigenvalue weighted by atomic mass is 10.1. The van der Waals surface area contributed by atoms with E-state index in [9.17, 15) is 9.59 Å². The molecule has 180 valence electrons. The Morgan fingerprint density at radius 1 is 1.00 bits per heavy atom. The zero-order valence-corrected chi connectivity index (χ0v) is 20.1. The molecule has 0 spiro atoms. The van der Waals surface area contributed by atoms with Gasteiger partial charge in [0.05, 0.1) is 24.1 Å². The lowest BCUT2D eigenvalue weighted by Gasteiger charge is -2.16. The molecular weight excluding hydrogens is 430 g/mol. The van der Waals surface area contributed by atoms with Crippen molar-refractivity contribution in [2.75, 3.05) is 19.8 Å². The van der Waals surface area contributed by atoms with Gasteiger partial charge in [0.1, 0.15) is 5.82 Å². The predicted octanol–water partition coefficient (Wildman–Crippen LogP) is 4.28. The second-order valence-electron chi connectivity index (χ2n) is 8.53. The van der Waals surface area contributed by atoms with Gasteiger partial charge in [0.15, 0.2) is 11.5 Å². The number of hydrogen-bond acceptors (Lipinski definition) is 5. The van der Waals surface area contributed by atoms with Crippen molar-refractivity contribution in [1.82, 2.24) is 14.9 Å². The smallest absolute Gasteiger partial charge is 0.261 e. The molecule has 2 aromatic carbocycles. The zero-order chi connectivity index (χ0) is 23.9. The molecule has 7 nitrogen and oxygen atoms in total. The first-order valence-corrected chi connectivity index (χ1v) is 12.3. The molecule has 0 saturated carbocycles. The van der Waals surface area contributed by atoms with Gasteiger partial charge >= 0.3 is 0 Å². The van der Waals surface area contributed by atoms with Crippen molar-refractivity contribution in [1.29, 1.82) is 0 Å². The van der Waals surface area contributed by atoms with Crippen LogP contribution in [0, 0.1) is 0 Å². The number of fused-ring (bicyclic) bond motifs is 2. The van der Waals surface area contributed by atoms with Crippen LogP contribution in [0.1, 0.15) is 61.3 Å².